The highest BCUT2D eigenvalue weighted by Crippen LogP contribution is 2.32. The zero-order valence-electron chi connectivity index (χ0n) is 25.9. The van der Waals surface area contributed by atoms with Crippen LogP contribution in [0.25, 0.3) is 0 Å². The largest absolute Gasteiger partial charge is 0.514 e. The van der Waals surface area contributed by atoms with E-state index in [9.17, 15) is 24.3 Å². The molecule has 1 aromatic carbocycles. The van der Waals surface area contributed by atoms with Crippen molar-refractivity contribution in [3.8, 4) is 11.5 Å². The van der Waals surface area contributed by atoms with E-state index >= 15 is 0 Å². The maximum absolute atomic E-state index is 12.8. The first-order valence-electron chi connectivity index (χ1n) is 14.3. The summed E-state index contributed by atoms with van der Waals surface area (Å²) in [5.74, 6) is -1.86. The summed E-state index contributed by atoms with van der Waals surface area (Å²) in [5.41, 5.74) is -3.69. The molecule has 2 atom stereocenters. The monoisotopic (exact) mass is 595 g/mol. The summed E-state index contributed by atoms with van der Waals surface area (Å²) in [7, 11) is 0. The number of carbonyl (C=O) groups is 4. The second kappa shape index (κ2) is 14.6. The standard InChI is InChI=1S/C30H45NO11/c1-9-19(2)31-30(24(32)33,42-25(34)37-21-13-11-10-12-14-21)18-20-15-16-22(38-26(35)40-28(3,4)5)23(17-20)39-27(36)41-29(6,7)8/h15-17,19,21,31H,9-14,18H2,1-8H3,(H,32,33)/t19?,30-/m0/s1. The SMILES string of the molecule is CCC(C)N[C@@](Cc1ccc(OC(=O)OC(C)(C)C)c(OC(=O)OC(C)(C)C)c1)(OC(=O)OC1CCCCC1)C(=O)O. The average molecular weight is 596 g/mol. The van der Waals surface area contributed by atoms with Crippen molar-refractivity contribution in [3.63, 3.8) is 0 Å². The molecule has 2 rings (SSSR count). The van der Waals surface area contributed by atoms with Crippen molar-refractivity contribution < 1.29 is 52.7 Å². The van der Waals surface area contributed by atoms with E-state index in [4.69, 9.17) is 28.4 Å². The second-order valence-corrected chi connectivity index (χ2v) is 12.4. The predicted octanol–water partition coefficient (Wildman–Crippen LogP) is 6.51. The van der Waals surface area contributed by atoms with Gasteiger partial charge in [0, 0.05) is 12.5 Å². The minimum Gasteiger partial charge on any atom is -0.477 e. The first-order valence-corrected chi connectivity index (χ1v) is 14.3. The second-order valence-electron chi connectivity index (χ2n) is 12.4. The van der Waals surface area contributed by atoms with Gasteiger partial charge in [0.15, 0.2) is 11.5 Å². The Morgan fingerprint density at radius 1 is 0.857 bits per heavy atom. The van der Waals surface area contributed by atoms with Crippen LogP contribution in [0.15, 0.2) is 18.2 Å². The normalized spacial score (nSPS) is 16.4. The quantitative estimate of drug-likeness (QED) is 0.131. The molecule has 1 saturated carbocycles. The van der Waals surface area contributed by atoms with Crippen molar-refractivity contribution in [1.82, 2.24) is 5.32 Å². The number of aliphatic carboxylic acids is 1. The fourth-order valence-corrected chi connectivity index (χ4v) is 4.12. The van der Waals surface area contributed by atoms with Gasteiger partial charge in [-0.25, -0.2) is 19.2 Å². The van der Waals surface area contributed by atoms with Gasteiger partial charge in [-0.15, -0.1) is 0 Å². The number of nitrogens with one attached hydrogen (secondary N) is 1. The lowest BCUT2D eigenvalue weighted by molar-refractivity contribution is -0.168. The van der Waals surface area contributed by atoms with Gasteiger partial charge in [0.1, 0.15) is 17.3 Å². The Morgan fingerprint density at radius 3 is 1.90 bits per heavy atom. The lowest BCUT2D eigenvalue weighted by Crippen LogP contribution is -2.59. The van der Waals surface area contributed by atoms with Crippen LogP contribution in [0.4, 0.5) is 14.4 Å². The van der Waals surface area contributed by atoms with Crippen LogP contribution >= 0.6 is 0 Å². The van der Waals surface area contributed by atoms with Crippen LogP contribution in [-0.2, 0) is 30.2 Å². The Kier molecular flexibility index (Phi) is 12.0. The molecule has 12 nitrogen and oxygen atoms in total. The summed E-state index contributed by atoms with van der Waals surface area (Å²) in [4.78, 5) is 50.4. The predicted molar refractivity (Wildman–Crippen MR) is 152 cm³/mol. The van der Waals surface area contributed by atoms with Gasteiger partial charge in [0.2, 0.25) is 0 Å². The molecule has 0 amide bonds. The summed E-state index contributed by atoms with van der Waals surface area (Å²) < 4.78 is 32.0. The molecule has 1 aromatic rings. The van der Waals surface area contributed by atoms with Crippen LogP contribution < -0.4 is 14.8 Å². The van der Waals surface area contributed by atoms with Gasteiger partial charge >= 0.3 is 24.4 Å². The van der Waals surface area contributed by atoms with Crippen molar-refractivity contribution in [2.45, 2.75) is 129 Å². The molecule has 0 saturated heterocycles. The van der Waals surface area contributed by atoms with Gasteiger partial charge in [0.25, 0.3) is 5.72 Å². The van der Waals surface area contributed by atoms with Gasteiger partial charge in [-0.2, -0.15) is 0 Å². The first-order chi connectivity index (χ1) is 19.4. The van der Waals surface area contributed by atoms with E-state index in [0.717, 1.165) is 19.3 Å². The molecule has 1 aliphatic carbocycles. The Labute approximate surface area is 247 Å². The lowest BCUT2D eigenvalue weighted by atomic mass is 9.98. The summed E-state index contributed by atoms with van der Waals surface area (Å²) in [5, 5.41) is 13.2. The molecule has 0 aromatic heterocycles. The highest BCUT2D eigenvalue weighted by atomic mass is 16.8. The zero-order valence-corrected chi connectivity index (χ0v) is 25.9. The van der Waals surface area contributed by atoms with Crippen LogP contribution in [-0.4, -0.2) is 58.6 Å². The maximum atomic E-state index is 12.8. The molecule has 1 aliphatic rings. The minimum absolute atomic E-state index is 0.174. The van der Waals surface area contributed by atoms with Crippen molar-refractivity contribution in [1.29, 1.82) is 0 Å². The van der Waals surface area contributed by atoms with Gasteiger partial charge < -0.3 is 33.5 Å². The van der Waals surface area contributed by atoms with Crippen molar-refractivity contribution >= 4 is 24.4 Å². The van der Waals surface area contributed by atoms with Gasteiger partial charge in [-0.05, 0) is 98.3 Å². The molecule has 12 heteroatoms. The number of ether oxygens (including phenoxy) is 6. The Hall–Kier alpha value is -3.54. The maximum Gasteiger partial charge on any atom is 0.514 e. The average Bonchev–Trinajstić information content (AvgIpc) is 2.83. The van der Waals surface area contributed by atoms with E-state index in [1.165, 1.54) is 18.2 Å². The van der Waals surface area contributed by atoms with E-state index in [1.807, 2.05) is 6.92 Å². The number of hydrogen-bond acceptors (Lipinski definition) is 11. The number of carbonyl (C=O) groups excluding carboxylic acids is 3. The summed E-state index contributed by atoms with van der Waals surface area (Å²) in [6.45, 7) is 13.5. The molecule has 236 valence electrons. The van der Waals surface area contributed by atoms with Crippen molar-refractivity contribution in [2.24, 2.45) is 0 Å². The molecule has 0 bridgehead atoms. The van der Waals surface area contributed by atoms with Gasteiger partial charge in [-0.1, -0.05) is 19.4 Å². The molecule has 2 N–H and O–H groups in total. The van der Waals surface area contributed by atoms with E-state index < -0.39 is 41.4 Å². The topological polar surface area (TPSA) is 156 Å². The summed E-state index contributed by atoms with van der Waals surface area (Å²) >= 11 is 0. The van der Waals surface area contributed by atoms with Crippen LogP contribution in [0.3, 0.4) is 0 Å². The molecular weight excluding hydrogens is 550 g/mol. The Bertz CT molecular complexity index is 1100. The number of rotatable bonds is 10. The Balaban J connectivity index is 2.43. The Morgan fingerprint density at radius 2 is 1.40 bits per heavy atom. The van der Waals surface area contributed by atoms with E-state index in [2.05, 4.69) is 5.32 Å². The third kappa shape index (κ3) is 11.8. The number of benzene rings is 1. The van der Waals surface area contributed by atoms with Crippen LogP contribution in [0.5, 0.6) is 11.5 Å². The smallest absolute Gasteiger partial charge is 0.477 e. The molecule has 0 spiro atoms. The molecule has 0 aliphatic heterocycles. The number of hydrogen-bond donors (Lipinski definition) is 2. The molecule has 1 unspecified atom stereocenters. The molecular formula is C30H45NO11. The molecule has 1 fully saturated rings. The first kappa shape index (κ1) is 34.7. The molecule has 0 radical (unpaired) electrons. The van der Waals surface area contributed by atoms with Crippen LogP contribution in [0.1, 0.15) is 99.5 Å². The third-order valence-electron chi connectivity index (χ3n) is 6.14. The third-order valence-corrected chi connectivity index (χ3v) is 6.14. The number of carboxylic acid groups (broad SMARTS) is 1. The minimum atomic E-state index is -2.22. The zero-order chi connectivity index (χ0) is 31.7. The summed E-state index contributed by atoms with van der Waals surface area (Å²) in [6.07, 6.45) is 0.794. The van der Waals surface area contributed by atoms with Crippen molar-refractivity contribution in [2.75, 3.05) is 0 Å². The van der Waals surface area contributed by atoms with Gasteiger partial charge in [0.05, 0.1) is 0 Å². The molecule has 42 heavy (non-hydrogen) atoms. The van der Waals surface area contributed by atoms with E-state index in [1.54, 1.807) is 48.5 Å². The summed E-state index contributed by atoms with van der Waals surface area (Å²) in [6, 6.07) is 3.70. The van der Waals surface area contributed by atoms with Crippen molar-refractivity contribution in [3.05, 3.63) is 23.8 Å². The fraction of sp³-hybridized carbons (Fsp3) is 0.667. The highest BCUT2D eigenvalue weighted by Gasteiger charge is 2.45. The van der Waals surface area contributed by atoms with E-state index in [0.29, 0.717) is 19.3 Å². The lowest BCUT2D eigenvalue weighted by Gasteiger charge is -2.33. The van der Waals surface area contributed by atoms with E-state index in [-0.39, 0.29) is 35.6 Å². The van der Waals surface area contributed by atoms with Crippen LogP contribution in [0, 0.1) is 0 Å². The van der Waals surface area contributed by atoms with Crippen LogP contribution in [0.2, 0.25) is 0 Å². The fourth-order valence-electron chi connectivity index (χ4n) is 4.12. The van der Waals surface area contributed by atoms with Gasteiger partial charge in [-0.3, -0.25) is 5.32 Å². The molecule has 0 heterocycles. The number of carboxylic acids is 1. The highest BCUT2D eigenvalue weighted by molar-refractivity contribution is 5.80.